The number of benzene rings is 3. The largest absolute Gasteiger partial charge is 0.493 e. The summed E-state index contributed by atoms with van der Waals surface area (Å²) in [6.07, 6.45) is 1.92. The second-order valence-electron chi connectivity index (χ2n) is 7.83. The molecule has 0 aliphatic rings. The molecule has 4 aromatic rings. The minimum atomic E-state index is -0.236. The summed E-state index contributed by atoms with van der Waals surface area (Å²) in [5.41, 5.74) is 4.23. The molecule has 0 atom stereocenters. The Morgan fingerprint density at radius 2 is 1.63 bits per heavy atom. The normalized spacial score (nSPS) is 11.3. The molecule has 0 saturated heterocycles. The zero-order chi connectivity index (χ0) is 20.9. The number of hydrogen-bond acceptors (Lipinski definition) is 2. The van der Waals surface area contributed by atoms with Crippen molar-refractivity contribution in [3.05, 3.63) is 84.2 Å². The summed E-state index contributed by atoms with van der Waals surface area (Å²) in [6, 6.07) is 22.9. The molecule has 0 amide bonds. The lowest BCUT2D eigenvalue weighted by molar-refractivity contribution is 0.299. The predicted molar refractivity (Wildman–Crippen MR) is 120 cm³/mol. The molecule has 0 aliphatic heterocycles. The summed E-state index contributed by atoms with van der Waals surface area (Å²) in [5, 5.41) is 0. The molecular formula is C26H27FN2O. The number of halogens is 1. The van der Waals surface area contributed by atoms with Crippen molar-refractivity contribution in [1.82, 2.24) is 9.55 Å². The van der Waals surface area contributed by atoms with Gasteiger partial charge in [0.25, 0.3) is 0 Å². The Hall–Kier alpha value is -3.14. The highest BCUT2D eigenvalue weighted by atomic mass is 19.1. The van der Waals surface area contributed by atoms with E-state index in [0.717, 1.165) is 47.6 Å². The molecule has 3 nitrogen and oxygen atoms in total. The van der Waals surface area contributed by atoms with Crippen LogP contribution in [-0.4, -0.2) is 16.2 Å². The third kappa shape index (κ3) is 4.38. The number of ether oxygens (including phenoxy) is 1. The van der Waals surface area contributed by atoms with Gasteiger partial charge < -0.3 is 9.30 Å². The Morgan fingerprint density at radius 3 is 2.43 bits per heavy atom. The highest BCUT2D eigenvalue weighted by Crippen LogP contribution is 2.27. The Labute approximate surface area is 177 Å². The number of aryl methyl sites for hydroxylation is 1. The molecule has 0 spiro atoms. The van der Waals surface area contributed by atoms with Crippen LogP contribution >= 0.6 is 0 Å². The lowest BCUT2D eigenvalue weighted by atomic mass is 10.0. The van der Waals surface area contributed by atoms with E-state index in [4.69, 9.17) is 9.72 Å². The van der Waals surface area contributed by atoms with Crippen LogP contribution in [-0.2, 0) is 6.54 Å². The van der Waals surface area contributed by atoms with Crippen molar-refractivity contribution in [2.24, 2.45) is 0 Å². The number of para-hydroxylation sites is 3. The molecule has 0 radical (unpaired) electrons. The molecular weight excluding hydrogens is 375 g/mol. The standard InChI is InChI=1S/C26H27FN2O/c1-19(2)22-9-3-6-12-25(22)30-18-8-7-17-29-24-11-5-4-10-23(24)28-26(29)20-13-15-21(27)16-14-20/h3-6,9-16,19H,7-8,17-18H2,1-2H3. The van der Waals surface area contributed by atoms with Crippen molar-refractivity contribution in [2.45, 2.75) is 39.2 Å². The van der Waals surface area contributed by atoms with Crippen molar-refractivity contribution >= 4 is 11.0 Å². The third-order valence-electron chi connectivity index (χ3n) is 5.33. The zero-order valence-corrected chi connectivity index (χ0v) is 17.5. The van der Waals surface area contributed by atoms with Crippen LogP contribution in [0.25, 0.3) is 22.4 Å². The van der Waals surface area contributed by atoms with E-state index in [1.54, 1.807) is 12.1 Å². The smallest absolute Gasteiger partial charge is 0.141 e. The van der Waals surface area contributed by atoms with E-state index in [9.17, 15) is 4.39 Å². The van der Waals surface area contributed by atoms with Gasteiger partial charge in [-0.25, -0.2) is 9.37 Å². The van der Waals surface area contributed by atoms with Crippen LogP contribution in [0.3, 0.4) is 0 Å². The number of unbranched alkanes of at least 4 members (excludes halogenated alkanes) is 1. The van der Waals surface area contributed by atoms with Crippen molar-refractivity contribution in [2.75, 3.05) is 6.61 Å². The molecule has 154 valence electrons. The first-order valence-corrected chi connectivity index (χ1v) is 10.6. The van der Waals surface area contributed by atoms with Crippen molar-refractivity contribution in [3.8, 4) is 17.1 Å². The zero-order valence-electron chi connectivity index (χ0n) is 17.5. The van der Waals surface area contributed by atoms with E-state index in [2.05, 4.69) is 36.6 Å². The van der Waals surface area contributed by atoms with Crippen LogP contribution in [0.5, 0.6) is 5.75 Å². The topological polar surface area (TPSA) is 27.1 Å². The highest BCUT2D eigenvalue weighted by Gasteiger charge is 2.12. The molecule has 0 N–H and O–H groups in total. The number of hydrogen-bond donors (Lipinski definition) is 0. The van der Waals surface area contributed by atoms with Gasteiger partial charge in [0.1, 0.15) is 17.4 Å². The van der Waals surface area contributed by atoms with Gasteiger partial charge in [0.05, 0.1) is 17.6 Å². The van der Waals surface area contributed by atoms with E-state index in [1.165, 1.54) is 17.7 Å². The fraction of sp³-hybridized carbons (Fsp3) is 0.269. The average Bonchev–Trinajstić information content (AvgIpc) is 3.13. The molecule has 0 saturated carbocycles. The van der Waals surface area contributed by atoms with Gasteiger partial charge in [-0.15, -0.1) is 0 Å². The number of fused-ring (bicyclic) bond motifs is 1. The molecule has 30 heavy (non-hydrogen) atoms. The van der Waals surface area contributed by atoms with E-state index in [0.29, 0.717) is 12.5 Å². The van der Waals surface area contributed by atoms with Gasteiger partial charge in [0.2, 0.25) is 0 Å². The Morgan fingerprint density at radius 1 is 0.900 bits per heavy atom. The monoisotopic (exact) mass is 402 g/mol. The fourth-order valence-corrected chi connectivity index (χ4v) is 3.76. The maximum atomic E-state index is 13.4. The lowest BCUT2D eigenvalue weighted by Gasteiger charge is -2.14. The van der Waals surface area contributed by atoms with Crippen molar-refractivity contribution < 1.29 is 9.13 Å². The van der Waals surface area contributed by atoms with Gasteiger partial charge in [-0.2, -0.15) is 0 Å². The molecule has 0 unspecified atom stereocenters. The Balaban J connectivity index is 1.45. The summed E-state index contributed by atoms with van der Waals surface area (Å²) in [4.78, 5) is 4.80. The highest BCUT2D eigenvalue weighted by molar-refractivity contribution is 5.80. The molecule has 0 fully saturated rings. The van der Waals surface area contributed by atoms with E-state index < -0.39 is 0 Å². The number of aromatic nitrogens is 2. The number of nitrogens with zero attached hydrogens (tertiary/aromatic N) is 2. The van der Waals surface area contributed by atoms with Crippen LogP contribution in [0.1, 0.15) is 38.2 Å². The summed E-state index contributed by atoms with van der Waals surface area (Å²) in [5.74, 6) is 2.06. The maximum Gasteiger partial charge on any atom is 0.141 e. The quantitative estimate of drug-likeness (QED) is 0.302. The Kier molecular flexibility index (Phi) is 6.12. The SMILES string of the molecule is CC(C)c1ccccc1OCCCCn1c(-c2ccc(F)cc2)nc2ccccc21. The summed E-state index contributed by atoms with van der Waals surface area (Å²) >= 11 is 0. The summed E-state index contributed by atoms with van der Waals surface area (Å²) in [6.45, 7) is 5.89. The Bertz CT molecular complexity index is 1120. The predicted octanol–water partition coefficient (Wildman–Crippen LogP) is 6.83. The molecule has 1 heterocycles. The van der Waals surface area contributed by atoms with E-state index >= 15 is 0 Å². The van der Waals surface area contributed by atoms with Crippen LogP contribution in [0.2, 0.25) is 0 Å². The lowest BCUT2D eigenvalue weighted by Crippen LogP contribution is -2.05. The van der Waals surface area contributed by atoms with E-state index in [-0.39, 0.29) is 5.82 Å². The summed E-state index contributed by atoms with van der Waals surface area (Å²) < 4.78 is 21.7. The van der Waals surface area contributed by atoms with Crippen LogP contribution < -0.4 is 4.74 Å². The van der Waals surface area contributed by atoms with Crippen LogP contribution in [0.15, 0.2) is 72.8 Å². The number of rotatable bonds is 8. The first-order valence-electron chi connectivity index (χ1n) is 10.6. The minimum absolute atomic E-state index is 0.236. The third-order valence-corrected chi connectivity index (χ3v) is 5.33. The first kappa shape index (κ1) is 20.1. The van der Waals surface area contributed by atoms with E-state index in [1.807, 2.05) is 30.3 Å². The molecule has 4 rings (SSSR count). The average molecular weight is 403 g/mol. The van der Waals surface area contributed by atoms with Gasteiger partial charge >= 0.3 is 0 Å². The maximum absolute atomic E-state index is 13.4. The first-order chi connectivity index (χ1) is 14.6. The summed E-state index contributed by atoms with van der Waals surface area (Å²) in [7, 11) is 0. The molecule has 3 aromatic carbocycles. The van der Waals surface area contributed by atoms with Gasteiger partial charge in [-0.1, -0.05) is 44.2 Å². The van der Waals surface area contributed by atoms with Gasteiger partial charge in [0, 0.05) is 12.1 Å². The second kappa shape index (κ2) is 9.12. The molecule has 0 bridgehead atoms. The molecule has 4 heteroatoms. The van der Waals surface area contributed by atoms with Gasteiger partial charge in [-0.05, 0) is 66.8 Å². The van der Waals surface area contributed by atoms with Crippen molar-refractivity contribution in [1.29, 1.82) is 0 Å². The minimum Gasteiger partial charge on any atom is -0.493 e. The van der Waals surface area contributed by atoms with Crippen LogP contribution in [0, 0.1) is 5.82 Å². The molecule has 1 aromatic heterocycles. The van der Waals surface area contributed by atoms with Crippen LogP contribution in [0.4, 0.5) is 4.39 Å². The second-order valence-corrected chi connectivity index (χ2v) is 7.83. The fourth-order valence-electron chi connectivity index (χ4n) is 3.76. The molecule has 0 aliphatic carbocycles. The van der Waals surface area contributed by atoms with Crippen molar-refractivity contribution in [3.63, 3.8) is 0 Å². The van der Waals surface area contributed by atoms with Gasteiger partial charge in [-0.3, -0.25) is 0 Å². The number of imidazole rings is 1. The van der Waals surface area contributed by atoms with Gasteiger partial charge in [0.15, 0.2) is 0 Å².